The van der Waals surface area contributed by atoms with E-state index < -0.39 is 0 Å². The van der Waals surface area contributed by atoms with Crippen molar-refractivity contribution in [3.8, 4) is 17.1 Å². The predicted octanol–water partition coefficient (Wildman–Crippen LogP) is 3.11. The van der Waals surface area contributed by atoms with E-state index in [-0.39, 0.29) is 6.04 Å². The minimum Gasteiger partial charge on any atom is -0.324 e. The maximum atomic E-state index is 5.88. The van der Waals surface area contributed by atoms with Crippen molar-refractivity contribution in [1.82, 2.24) is 20.2 Å². The zero-order chi connectivity index (χ0) is 14.8. The quantitative estimate of drug-likeness (QED) is 0.793. The number of tetrazole rings is 1. The van der Waals surface area contributed by atoms with Crippen LogP contribution in [0.5, 0.6) is 0 Å². The summed E-state index contributed by atoms with van der Waals surface area (Å²) >= 11 is 3.53. The molecule has 0 radical (unpaired) electrons. The Morgan fingerprint density at radius 2 is 1.90 bits per heavy atom. The van der Waals surface area contributed by atoms with Crippen LogP contribution in [-0.4, -0.2) is 20.2 Å². The van der Waals surface area contributed by atoms with E-state index in [4.69, 9.17) is 5.73 Å². The molecular weight excluding hydrogens is 330 g/mol. The Morgan fingerprint density at radius 3 is 2.57 bits per heavy atom. The number of nitrogens with zero attached hydrogens (tertiary/aromatic N) is 4. The summed E-state index contributed by atoms with van der Waals surface area (Å²) < 4.78 is 0.884. The van der Waals surface area contributed by atoms with Gasteiger partial charge in [-0.1, -0.05) is 36.4 Å². The van der Waals surface area contributed by atoms with Crippen LogP contribution in [0.3, 0.4) is 0 Å². The molecule has 3 aromatic rings. The van der Waals surface area contributed by atoms with E-state index >= 15 is 0 Å². The van der Waals surface area contributed by atoms with Crippen LogP contribution in [0, 0.1) is 0 Å². The molecule has 0 aliphatic carbocycles. The Labute approximate surface area is 130 Å². The summed E-state index contributed by atoms with van der Waals surface area (Å²) in [6.07, 6.45) is 0. The molecule has 1 heterocycles. The molecule has 6 heteroatoms. The molecule has 3 rings (SSSR count). The molecule has 0 aliphatic heterocycles. The van der Waals surface area contributed by atoms with Gasteiger partial charge in [0, 0.05) is 16.1 Å². The predicted molar refractivity (Wildman–Crippen MR) is 84.9 cm³/mol. The van der Waals surface area contributed by atoms with Crippen LogP contribution in [-0.2, 0) is 0 Å². The molecule has 2 aromatic carbocycles. The summed E-state index contributed by atoms with van der Waals surface area (Å²) in [5.41, 5.74) is 8.70. The summed E-state index contributed by atoms with van der Waals surface area (Å²) in [6, 6.07) is 15.6. The van der Waals surface area contributed by atoms with Gasteiger partial charge in [-0.3, -0.25) is 0 Å². The van der Waals surface area contributed by atoms with Crippen LogP contribution >= 0.6 is 15.9 Å². The number of hydrogen-bond donors (Lipinski definition) is 1. The molecule has 106 valence electrons. The van der Waals surface area contributed by atoms with Gasteiger partial charge < -0.3 is 5.73 Å². The van der Waals surface area contributed by atoms with Gasteiger partial charge in [-0.05, 0) is 45.8 Å². The average molecular weight is 344 g/mol. The maximum absolute atomic E-state index is 5.88. The standard InChI is InChI=1S/C15H14BrN5/c1-10(17)12-7-8-14(13(16)9-12)21-19-15(18-20-21)11-5-3-2-4-6-11/h2-10H,17H2,1H3. The lowest BCUT2D eigenvalue weighted by atomic mass is 10.1. The first kappa shape index (κ1) is 13.9. The van der Waals surface area contributed by atoms with E-state index in [0.29, 0.717) is 5.82 Å². The Kier molecular flexibility index (Phi) is 3.81. The van der Waals surface area contributed by atoms with Crippen molar-refractivity contribution >= 4 is 15.9 Å². The fourth-order valence-electron chi connectivity index (χ4n) is 1.99. The zero-order valence-electron chi connectivity index (χ0n) is 11.4. The van der Waals surface area contributed by atoms with Crippen molar-refractivity contribution in [1.29, 1.82) is 0 Å². The molecule has 0 spiro atoms. The van der Waals surface area contributed by atoms with E-state index in [1.807, 2.05) is 55.5 Å². The third kappa shape index (κ3) is 2.86. The van der Waals surface area contributed by atoms with Gasteiger partial charge >= 0.3 is 0 Å². The van der Waals surface area contributed by atoms with Crippen molar-refractivity contribution in [2.45, 2.75) is 13.0 Å². The topological polar surface area (TPSA) is 69.6 Å². The second kappa shape index (κ2) is 5.75. The van der Waals surface area contributed by atoms with Crippen LogP contribution in [0.1, 0.15) is 18.5 Å². The lowest BCUT2D eigenvalue weighted by Crippen LogP contribution is -2.06. The summed E-state index contributed by atoms with van der Waals surface area (Å²) in [4.78, 5) is 1.51. The molecule has 21 heavy (non-hydrogen) atoms. The van der Waals surface area contributed by atoms with Gasteiger partial charge in [0.2, 0.25) is 5.82 Å². The number of rotatable bonds is 3. The molecule has 1 aromatic heterocycles. The molecule has 0 amide bonds. The zero-order valence-corrected chi connectivity index (χ0v) is 13.0. The van der Waals surface area contributed by atoms with Gasteiger partial charge in [0.1, 0.15) is 5.69 Å². The van der Waals surface area contributed by atoms with E-state index in [1.54, 1.807) is 0 Å². The molecule has 0 fully saturated rings. The van der Waals surface area contributed by atoms with E-state index in [9.17, 15) is 0 Å². The Balaban J connectivity index is 1.97. The van der Waals surface area contributed by atoms with E-state index in [0.717, 1.165) is 21.3 Å². The monoisotopic (exact) mass is 343 g/mol. The lowest BCUT2D eigenvalue weighted by Gasteiger charge is -2.08. The number of aromatic nitrogens is 4. The summed E-state index contributed by atoms with van der Waals surface area (Å²) in [7, 11) is 0. The molecule has 1 unspecified atom stereocenters. The van der Waals surface area contributed by atoms with Crippen LogP contribution in [0.15, 0.2) is 53.0 Å². The highest BCUT2D eigenvalue weighted by molar-refractivity contribution is 9.10. The second-order valence-electron chi connectivity index (χ2n) is 4.77. The minimum absolute atomic E-state index is 0.0149. The number of halogens is 1. The van der Waals surface area contributed by atoms with Crippen LogP contribution in [0.25, 0.3) is 17.1 Å². The lowest BCUT2D eigenvalue weighted by molar-refractivity contribution is 0.715. The van der Waals surface area contributed by atoms with Crippen molar-refractivity contribution in [3.05, 3.63) is 58.6 Å². The highest BCUT2D eigenvalue weighted by atomic mass is 79.9. The third-order valence-electron chi connectivity index (χ3n) is 3.16. The second-order valence-corrected chi connectivity index (χ2v) is 5.62. The van der Waals surface area contributed by atoms with Crippen LogP contribution < -0.4 is 5.73 Å². The van der Waals surface area contributed by atoms with Crippen molar-refractivity contribution in [2.24, 2.45) is 5.73 Å². The van der Waals surface area contributed by atoms with Gasteiger partial charge in [-0.25, -0.2) is 0 Å². The average Bonchev–Trinajstić information content (AvgIpc) is 2.97. The van der Waals surface area contributed by atoms with Gasteiger partial charge in [0.15, 0.2) is 0 Å². The molecule has 5 nitrogen and oxygen atoms in total. The normalized spacial score (nSPS) is 12.3. The number of benzene rings is 2. The summed E-state index contributed by atoms with van der Waals surface area (Å²) in [5.74, 6) is 0.596. The van der Waals surface area contributed by atoms with Gasteiger partial charge in [-0.2, -0.15) is 0 Å². The first-order valence-electron chi connectivity index (χ1n) is 6.56. The SMILES string of the molecule is CC(N)c1ccc(-n2nnc(-c3ccccc3)n2)c(Br)c1. The maximum Gasteiger partial charge on any atom is 0.205 e. The van der Waals surface area contributed by atoms with Gasteiger partial charge in [0.05, 0.1) is 0 Å². The molecule has 1 atom stereocenters. The highest BCUT2D eigenvalue weighted by Crippen LogP contribution is 2.24. The third-order valence-corrected chi connectivity index (χ3v) is 3.79. The van der Waals surface area contributed by atoms with E-state index in [1.165, 1.54) is 4.80 Å². The number of hydrogen-bond acceptors (Lipinski definition) is 4. The van der Waals surface area contributed by atoms with Crippen molar-refractivity contribution < 1.29 is 0 Å². The largest absolute Gasteiger partial charge is 0.324 e. The first-order valence-corrected chi connectivity index (χ1v) is 7.35. The number of nitrogens with two attached hydrogens (primary N) is 1. The molecule has 0 saturated heterocycles. The van der Waals surface area contributed by atoms with E-state index in [2.05, 4.69) is 31.3 Å². The van der Waals surface area contributed by atoms with Crippen molar-refractivity contribution in [3.63, 3.8) is 0 Å². The fraction of sp³-hybridized carbons (Fsp3) is 0.133. The molecule has 0 aliphatic rings. The Morgan fingerprint density at radius 1 is 1.14 bits per heavy atom. The smallest absolute Gasteiger partial charge is 0.205 e. The van der Waals surface area contributed by atoms with Crippen molar-refractivity contribution in [2.75, 3.05) is 0 Å². The molecule has 0 bridgehead atoms. The minimum atomic E-state index is -0.0149. The van der Waals surface area contributed by atoms with Gasteiger partial charge in [0.25, 0.3) is 0 Å². The van der Waals surface area contributed by atoms with Gasteiger partial charge in [-0.15, -0.1) is 15.0 Å². The molecule has 2 N–H and O–H groups in total. The Bertz CT molecular complexity index is 752. The Hall–Kier alpha value is -2.05. The van der Waals surface area contributed by atoms with Crippen LogP contribution in [0.2, 0.25) is 0 Å². The molecule has 0 saturated carbocycles. The summed E-state index contributed by atoms with van der Waals surface area (Å²) in [5, 5.41) is 12.6. The summed E-state index contributed by atoms with van der Waals surface area (Å²) in [6.45, 7) is 1.95. The fourth-order valence-corrected chi connectivity index (χ4v) is 2.54. The highest BCUT2D eigenvalue weighted by Gasteiger charge is 2.11. The van der Waals surface area contributed by atoms with Crippen LogP contribution in [0.4, 0.5) is 0 Å². The molecular formula is C15H14BrN5. The first-order chi connectivity index (χ1) is 10.1.